The summed E-state index contributed by atoms with van der Waals surface area (Å²) in [6.07, 6.45) is 0. The quantitative estimate of drug-likeness (QED) is 0.699. The molecule has 0 aliphatic rings. The van der Waals surface area contributed by atoms with Crippen LogP contribution < -0.4 is 10.0 Å². The molecule has 0 saturated carbocycles. The van der Waals surface area contributed by atoms with Gasteiger partial charge in [-0.3, -0.25) is 4.79 Å². The Morgan fingerprint density at radius 3 is 2.52 bits per heavy atom. The molecule has 0 radical (unpaired) electrons. The number of halogens is 1. The Kier molecular flexibility index (Phi) is 5.39. The zero-order valence-electron chi connectivity index (χ0n) is 11.4. The number of carboxylic acid groups (broad SMARTS) is 1. The van der Waals surface area contributed by atoms with E-state index < -0.39 is 44.2 Å². The summed E-state index contributed by atoms with van der Waals surface area (Å²) in [5, 5.41) is 11.2. The second kappa shape index (κ2) is 6.64. The molecule has 9 heteroatoms. The molecule has 1 unspecified atom stereocenters. The molecule has 1 aromatic carbocycles. The highest BCUT2D eigenvalue weighted by atomic mass is 32.2. The number of carbonyl (C=O) groups excluding carboxylic acids is 1. The summed E-state index contributed by atoms with van der Waals surface area (Å²) in [4.78, 5) is 21.9. The van der Waals surface area contributed by atoms with Crippen molar-refractivity contribution in [1.82, 2.24) is 10.0 Å². The van der Waals surface area contributed by atoms with E-state index in [1.807, 2.05) is 0 Å². The van der Waals surface area contributed by atoms with Gasteiger partial charge in [-0.15, -0.1) is 0 Å². The molecular formula is C12H15FN2O5S. The molecule has 0 aromatic heterocycles. The van der Waals surface area contributed by atoms with Crippen LogP contribution in [0.25, 0.3) is 0 Å². The van der Waals surface area contributed by atoms with E-state index in [4.69, 9.17) is 5.11 Å². The van der Waals surface area contributed by atoms with Crippen molar-refractivity contribution in [2.24, 2.45) is 0 Å². The van der Waals surface area contributed by atoms with Gasteiger partial charge in [0, 0.05) is 6.54 Å². The predicted octanol–water partition coefficient (Wildman–Crippen LogP) is 0.327. The lowest BCUT2D eigenvalue weighted by molar-refractivity contribution is -0.122. The van der Waals surface area contributed by atoms with Crippen LogP contribution in [0.5, 0.6) is 0 Å². The van der Waals surface area contributed by atoms with Gasteiger partial charge in [-0.05, 0) is 32.0 Å². The van der Waals surface area contributed by atoms with Gasteiger partial charge in [-0.2, -0.15) is 4.72 Å². The molecule has 1 amide bonds. The number of sulfonamides is 1. The normalized spacial score (nSPS) is 12.7. The van der Waals surface area contributed by atoms with E-state index >= 15 is 0 Å². The van der Waals surface area contributed by atoms with E-state index in [9.17, 15) is 22.4 Å². The molecule has 116 valence electrons. The van der Waals surface area contributed by atoms with Gasteiger partial charge in [-0.1, -0.05) is 0 Å². The zero-order chi connectivity index (χ0) is 16.2. The predicted molar refractivity (Wildman–Crippen MR) is 71.8 cm³/mol. The average Bonchev–Trinajstić information content (AvgIpc) is 2.38. The molecule has 3 N–H and O–H groups in total. The molecular weight excluding hydrogens is 303 g/mol. The summed E-state index contributed by atoms with van der Waals surface area (Å²) in [6.45, 7) is 3.35. The molecule has 0 aliphatic carbocycles. The van der Waals surface area contributed by atoms with Crippen LogP contribution in [-0.4, -0.2) is 38.0 Å². The molecule has 0 aliphatic heterocycles. The summed E-state index contributed by atoms with van der Waals surface area (Å²) < 4.78 is 39.4. The summed E-state index contributed by atoms with van der Waals surface area (Å²) in [5.74, 6) is -3.15. The van der Waals surface area contributed by atoms with Crippen LogP contribution in [0.4, 0.5) is 4.39 Å². The Labute approximate surface area is 121 Å². The first-order valence-corrected chi connectivity index (χ1v) is 7.50. The number of nitrogens with one attached hydrogen (secondary N) is 2. The number of aromatic carboxylic acids is 1. The van der Waals surface area contributed by atoms with Crippen molar-refractivity contribution < 1.29 is 27.5 Å². The highest BCUT2D eigenvalue weighted by Gasteiger charge is 2.23. The third kappa shape index (κ3) is 4.23. The highest BCUT2D eigenvalue weighted by Crippen LogP contribution is 2.15. The lowest BCUT2D eigenvalue weighted by Gasteiger charge is -2.14. The van der Waals surface area contributed by atoms with Crippen molar-refractivity contribution in [1.29, 1.82) is 0 Å². The number of likely N-dealkylation sites (N-methyl/N-ethyl adjacent to an activating group) is 1. The van der Waals surface area contributed by atoms with Crippen LogP contribution in [0.1, 0.15) is 24.2 Å². The maximum Gasteiger partial charge on any atom is 0.338 e. The molecule has 7 nitrogen and oxygen atoms in total. The Bertz CT molecular complexity index is 660. The van der Waals surface area contributed by atoms with Crippen LogP contribution in [0, 0.1) is 5.82 Å². The lowest BCUT2D eigenvalue weighted by Crippen LogP contribution is -2.44. The van der Waals surface area contributed by atoms with E-state index in [0.717, 1.165) is 12.1 Å². The van der Waals surface area contributed by atoms with Crippen molar-refractivity contribution in [2.45, 2.75) is 24.8 Å². The molecule has 1 aromatic rings. The minimum Gasteiger partial charge on any atom is -0.478 e. The fourth-order valence-corrected chi connectivity index (χ4v) is 2.75. The second-order valence-corrected chi connectivity index (χ2v) is 5.90. The molecule has 0 bridgehead atoms. The minimum atomic E-state index is -4.14. The fourth-order valence-electron chi connectivity index (χ4n) is 1.52. The van der Waals surface area contributed by atoms with Crippen molar-refractivity contribution in [3.05, 3.63) is 29.6 Å². The van der Waals surface area contributed by atoms with Crippen molar-refractivity contribution >= 4 is 21.9 Å². The lowest BCUT2D eigenvalue weighted by atomic mass is 10.2. The molecule has 21 heavy (non-hydrogen) atoms. The van der Waals surface area contributed by atoms with E-state index in [1.165, 1.54) is 6.92 Å². The van der Waals surface area contributed by atoms with Gasteiger partial charge in [0.25, 0.3) is 0 Å². The van der Waals surface area contributed by atoms with Gasteiger partial charge in [0.15, 0.2) is 0 Å². The molecule has 1 rings (SSSR count). The highest BCUT2D eigenvalue weighted by molar-refractivity contribution is 7.89. The number of benzene rings is 1. The largest absolute Gasteiger partial charge is 0.478 e. The summed E-state index contributed by atoms with van der Waals surface area (Å²) in [7, 11) is -4.14. The van der Waals surface area contributed by atoms with E-state index in [2.05, 4.69) is 10.0 Å². The SMILES string of the molecule is CCNC(=O)C(C)NS(=O)(=O)c1ccc(F)c(C(=O)O)c1. The van der Waals surface area contributed by atoms with E-state index in [1.54, 1.807) is 6.92 Å². The van der Waals surface area contributed by atoms with Gasteiger partial charge in [0.05, 0.1) is 16.5 Å². The van der Waals surface area contributed by atoms with Crippen molar-refractivity contribution in [3.8, 4) is 0 Å². The van der Waals surface area contributed by atoms with Gasteiger partial charge in [-0.25, -0.2) is 17.6 Å². The molecule has 0 heterocycles. The van der Waals surface area contributed by atoms with E-state index in [0.29, 0.717) is 12.6 Å². The van der Waals surface area contributed by atoms with Crippen LogP contribution in [0.2, 0.25) is 0 Å². The van der Waals surface area contributed by atoms with Gasteiger partial charge >= 0.3 is 5.97 Å². The molecule has 0 spiro atoms. The van der Waals surface area contributed by atoms with Gasteiger partial charge in [0.1, 0.15) is 5.82 Å². The van der Waals surface area contributed by atoms with Crippen LogP contribution in [-0.2, 0) is 14.8 Å². The fraction of sp³-hybridized carbons (Fsp3) is 0.333. The van der Waals surface area contributed by atoms with Crippen LogP contribution in [0.3, 0.4) is 0 Å². The number of hydrogen-bond acceptors (Lipinski definition) is 4. The molecule has 0 fully saturated rings. The number of amides is 1. The second-order valence-electron chi connectivity index (χ2n) is 4.18. The summed E-state index contributed by atoms with van der Waals surface area (Å²) >= 11 is 0. The number of rotatable bonds is 6. The standard InChI is InChI=1S/C12H15FN2O5S/c1-3-14-11(16)7(2)15-21(19,20)8-4-5-10(13)9(6-8)12(17)18/h4-7,15H,3H2,1-2H3,(H,14,16)(H,17,18). The first-order chi connectivity index (χ1) is 9.69. The Hall–Kier alpha value is -2.00. The zero-order valence-corrected chi connectivity index (χ0v) is 12.2. The topological polar surface area (TPSA) is 113 Å². The number of carbonyl (C=O) groups is 2. The minimum absolute atomic E-state index is 0.338. The summed E-state index contributed by atoms with van der Waals surface area (Å²) in [6, 6.07) is 1.32. The monoisotopic (exact) mass is 318 g/mol. The van der Waals surface area contributed by atoms with Gasteiger partial charge < -0.3 is 10.4 Å². The Morgan fingerprint density at radius 2 is 2.00 bits per heavy atom. The summed E-state index contributed by atoms with van der Waals surface area (Å²) in [5.41, 5.74) is -0.761. The third-order valence-electron chi connectivity index (χ3n) is 2.55. The average molecular weight is 318 g/mol. The molecule has 1 atom stereocenters. The van der Waals surface area contributed by atoms with Crippen LogP contribution in [0.15, 0.2) is 23.1 Å². The molecule has 0 saturated heterocycles. The van der Waals surface area contributed by atoms with Crippen LogP contribution >= 0.6 is 0 Å². The number of carboxylic acids is 1. The van der Waals surface area contributed by atoms with Gasteiger partial charge in [0.2, 0.25) is 15.9 Å². The maximum atomic E-state index is 13.2. The smallest absolute Gasteiger partial charge is 0.338 e. The number of hydrogen-bond donors (Lipinski definition) is 3. The van der Waals surface area contributed by atoms with Crippen molar-refractivity contribution in [2.75, 3.05) is 6.54 Å². The Morgan fingerprint density at radius 1 is 1.38 bits per heavy atom. The van der Waals surface area contributed by atoms with E-state index in [-0.39, 0.29) is 0 Å². The first kappa shape index (κ1) is 17.1. The van der Waals surface area contributed by atoms with Crippen molar-refractivity contribution in [3.63, 3.8) is 0 Å². The first-order valence-electron chi connectivity index (χ1n) is 6.02. The maximum absolute atomic E-state index is 13.2. The third-order valence-corrected chi connectivity index (χ3v) is 4.09. The Balaban J connectivity index is 3.06.